The summed E-state index contributed by atoms with van der Waals surface area (Å²) in [5.74, 6) is 13.5. The highest BCUT2D eigenvalue weighted by Crippen LogP contribution is 2.29. The molecule has 0 aliphatic rings. The number of carbonyl (C=O) groups excluding carboxylic acids is 2. The van der Waals surface area contributed by atoms with Gasteiger partial charge in [-0.25, -0.2) is 14.6 Å². The highest BCUT2D eigenvalue weighted by Gasteiger charge is 2.08. The Morgan fingerprint density at radius 1 is 0.583 bits per heavy atom. The summed E-state index contributed by atoms with van der Waals surface area (Å²) in [5, 5.41) is 3.86. The third-order valence-electron chi connectivity index (χ3n) is 7.11. The molecule has 7 nitrogen and oxygen atoms in total. The SMILES string of the molecule is C=CC(=O)OCCCOc1ccc(C#Cc2ccc(C#Cc3ccc(OCCCOC(=O)C=C)c4ccccc34)nc2)c2ccccc12. The third-order valence-corrected chi connectivity index (χ3v) is 7.11. The van der Waals surface area contributed by atoms with E-state index in [0.29, 0.717) is 31.7 Å². The molecule has 0 bridgehead atoms. The van der Waals surface area contributed by atoms with E-state index in [1.165, 1.54) is 0 Å². The predicted molar refractivity (Wildman–Crippen MR) is 187 cm³/mol. The zero-order chi connectivity index (χ0) is 33.6. The number of nitrogens with zero attached hydrogens (tertiary/aromatic N) is 1. The first-order valence-electron chi connectivity index (χ1n) is 15.4. The van der Waals surface area contributed by atoms with E-state index in [2.05, 4.69) is 41.8 Å². The number of fused-ring (bicyclic) bond motifs is 2. The van der Waals surface area contributed by atoms with Crippen molar-refractivity contribution in [3.63, 3.8) is 0 Å². The smallest absolute Gasteiger partial charge is 0.330 e. The van der Waals surface area contributed by atoms with Crippen molar-refractivity contribution in [2.75, 3.05) is 26.4 Å². The predicted octanol–water partition coefficient (Wildman–Crippen LogP) is 7.18. The summed E-state index contributed by atoms with van der Waals surface area (Å²) in [7, 11) is 0. The van der Waals surface area contributed by atoms with E-state index < -0.39 is 11.9 Å². The van der Waals surface area contributed by atoms with Gasteiger partial charge in [0.1, 0.15) is 17.2 Å². The van der Waals surface area contributed by atoms with Crippen LogP contribution in [0.25, 0.3) is 21.5 Å². The molecule has 4 aromatic carbocycles. The number of ether oxygens (including phenoxy) is 4. The molecule has 0 aliphatic carbocycles. The van der Waals surface area contributed by atoms with Gasteiger partial charge in [0.2, 0.25) is 0 Å². The second-order valence-electron chi connectivity index (χ2n) is 10.4. The number of aromatic nitrogens is 1. The van der Waals surface area contributed by atoms with Crippen molar-refractivity contribution in [2.24, 2.45) is 0 Å². The Morgan fingerprint density at radius 2 is 1.08 bits per heavy atom. The van der Waals surface area contributed by atoms with Crippen LogP contribution >= 0.6 is 0 Å². The molecule has 7 heteroatoms. The molecular weight excluding hydrogens is 602 g/mol. The summed E-state index contributed by atoms with van der Waals surface area (Å²) < 4.78 is 22.0. The molecule has 0 radical (unpaired) electrons. The Hall–Kier alpha value is -6.31. The fourth-order valence-electron chi connectivity index (χ4n) is 4.77. The fraction of sp³-hybridized carbons (Fsp3) is 0.146. The maximum Gasteiger partial charge on any atom is 0.330 e. The second-order valence-corrected chi connectivity index (χ2v) is 10.4. The average molecular weight is 636 g/mol. The van der Waals surface area contributed by atoms with Crippen LogP contribution < -0.4 is 9.47 Å². The molecule has 5 aromatic rings. The van der Waals surface area contributed by atoms with Gasteiger partial charge in [0.05, 0.1) is 26.4 Å². The van der Waals surface area contributed by atoms with Crippen LogP contribution in [0.15, 0.2) is 116 Å². The molecule has 0 unspecified atom stereocenters. The molecule has 5 rings (SSSR count). The molecule has 1 heterocycles. The lowest BCUT2D eigenvalue weighted by Crippen LogP contribution is -2.06. The van der Waals surface area contributed by atoms with Crippen molar-refractivity contribution in [1.29, 1.82) is 0 Å². The van der Waals surface area contributed by atoms with Crippen LogP contribution in [-0.4, -0.2) is 43.4 Å². The van der Waals surface area contributed by atoms with Crippen LogP contribution in [0.5, 0.6) is 11.5 Å². The first-order chi connectivity index (χ1) is 23.6. The zero-order valence-corrected chi connectivity index (χ0v) is 26.4. The quantitative estimate of drug-likeness (QED) is 0.0621. The summed E-state index contributed by atoms with van der Waals surface area (Å²) in [5.41, 5.74) is 3.13. The van der Waals surface area contributed by atoms with E-state index in [1.807, 2.05) is 84.9 Å². The van der Waals surface area contributed by atoms with Crippen molar-refractivity contribution in [1.82, 2.24) is 4.98 Å². The van der Waals surface area contributed by atoms with Gasteiger partial charge in [0, 0.05) is 69.4 Å². The Morgan fingerprint density at radius 3 is 1.56 bits per heavy atom. The highest BCUT2D eigenvalue weighted by molar-refractivity contribution is 5.94. The van der Waals surface area contributed by atoms with E-state index >= 15 is 0 Å². The normalized spacial score (nSPS) is 10.2. The summed E-state index contributed by atoms with van der Waals surface area (Å²) >= 11 is 0. The van der Waals surface area contributed by atoms with E-state index in [9.17, 15) is 9.59 Å². The first-order valence-corrected chi connectivity index (χ1v) is 15.4. The Bertz CT molecular complexity index is 1930. The number of benzene rings is 4. The lowest BCUT2D eigenvalue weighted by Gasteiger charge is -2.10. The van der Waals surface area contributed by atoms with Crippen LogP contribution in [0, 0.1) is 23.7 Å². The van der Waals surface area contributed by atoms with Gasteiger partial charge in [0.15, 0.2) is 0 Å². The summed E-state index contributed by atoms with van der Waals surface area (Å²) in [6.45, 7) is 8.14. The van der Waals surface area contributed by atoms with Gasteiger partial charge in [-0.3, -0.25) is 0 Å². The third kappa shape index (κ3) is 8.90. The standard InChI is InChI=1S/C41H33NO6/c1-3-40(43)47-27-9-25-45-38-23-19-31(34-11-5-7-13-36(34)38)17-15-30-16-21-33(42-29-30)22-18-32-20-24-39(37-14-8-6-12-35(32)37)46-26-10-28-48-41(44)4-2/h3-8,11-14,16,19-21,23-24,29H,1-2,9-10,25-28H2. The lowest BCUT2D eigenvalue weighted by molar-refractivity contribution is -0.138. The number of rotatable bonds is 12. The van der Waals surface area contributed by atoms with Crippen molar-refractivity contribution in [3.8, 4) is 35.2 Å². The van der Waals surface area contributed by atoms with Gasteiger partial charge in [-0.15, -0.1) is 0 Å². The molecule has 48 heavy (non-hydrogen) atoms. The van der Waals surface area contributed by atoms with Crippen molar-refractivity contribution in [2.45, 2.75) is 12.8 Å². The number of hydrogen-bond donors (Lipinski definition) is 0. The number of hydrogen-bond acceptors (Lipinski definition) is 7. The molecule has 0 spiro atoms. The monoisotopic (exact) mass is 635 g/mol. The van der Waals surface area contributed by atoms with Gasteiger partial charge in [-0.1, -0.05) is 79.5 Å². The molecule has 0 saturated heterocycles. The maximum absolute atomic E-state index is 11.2. The summed E-state index contributed by atoms with van der Waals surface area (Å²) in [4.78, 5) is 26.9. The molecule has 0 fully saturated rings. The Kier molecular flexibility index (Phi) is 11.6. The highest BCUT2D eigenvalue weighted by atomic mass is 16.5. The summed E-state index contributed by atoms with van der Waals surface area (Å²) in [6.07, 6.45) is 5.15. The largest absolute Gasteiger partial charge is 0.493 e. The van der Waals surface area contributed by atoms with Crippen LogP contribution in [0.4, 0.5) is 0 Å². The topological polar surface area (TPSA) is 84.0 Å². The molecule has 0 N–H and O–H groups in total. The van der Waals surface area contributed by atoms with Crippen molar-refractivity contribution < 1.29 is 28.5 Å². The molecule has 0 saturated carbocycles. The molecular formula is C41H33NO6. The molecule has 0 atom stereocenters. The molecule has 0 amide bonds. The van der Waals surface area contributed by atoms with Gasteiger partial charge in [-0.05, 0) is 42.3 Å². The van der Waals surface area contributed by atoms with Crippen LogP contribution in [0.2, 0.25) is 0 Å². The minimum Gasteiger partial charge on any atom is -0.493 e. The average Bonchev–Trinajstić information content (AvgIpc) is 3.13. The lowest BCUT2D eigenvalue weighted by atomic mass is 10.0. The van der Waals surface area contributed by atoms with Gasteiger partial charge in [-0.2, -0.15) is 0 Å². The number of carbonyl (C=O) groups is 2. The molecule has 0 aliphatic heterocycles. The van der Waals surface area contributed by atoms with Crippen LogP contribution in [-0.2, 0) is 19.1 Å². The van der Waals surface area contributed by atoms with Crippen molar-refractivity contribution in [3.05, 3.63) is 139 Å². The first kappa shape index (κ1) is 33.1. The van der Waals surface area contributed by atoms with Gasteiger partial charge in [0.25, 0.3) is 0 Å². The second kappa shape index (κ2) is 16.8. The Labute approximate surface area is 279 Å². The summed E-state index contributed by atoms with van der Waals surface area (Å²) in [6, 6.07) is 27.3. The van der Waals surface area contributed by atoms with E-state index in [1.54, 1.807) is 6.20 Å². The zero-order valence-electron chi connectivity index (χ0n) is 26.4. The van der Waals surface area contributed by atoms with E-state index in [4.69, 9.17) is 18.9 Å². The van der Waals surface area contributed by atoms with Gasteiger partial charge >= 0.3 is 11.9 Å². The van der Waals surface area contributed by atoms with Crippen LogP contribution in [0.3, 0.4) is 0 Å². The van der Waals surface area contributed by atoms with Gasteiger partial charge < -0.3 is 18.9 Å². The Balaban J connectivity index is 1.24. The van der Waals surface area contributed by atoms with Crippen molar-refractivity contribution >= 4 is 33.5 Å². The van der Waals surface area contributed by atoms with E-state index in [0.717, 1.165) is 61.9 Å². The number of esters is 2. The van der Waals surface area contributed by atoms with Crippen LogP contribution in [0.1, 0.15) is 35.2 Å². The van der Waals surface area contributed by atoms with E-state index in [-0.39, 0.29) is 13.2 Å². The molecule has 238 valence electrons. The molecule has 1 aromatic heterocycles. The maximum atomic E-state index is 11.2. The fourth-order valence-corrected chi connectivity index (χ4v) is 4.77. The minimum absolute atomic E-state index is 0.267. The minimum atomic E-state index is -0.442. The number of pyridine rings is 1.